The summed E-state index contributed by atoms with van der Waals surface area (Å²) in [6.07, 6.45) is 0. The predicted molar refractivity (Wildman–Crippen MR) is 47.1 cm³/mol. The third-order valence-corrected chi connectivity index (χ3v) is 2.68. The molecule has 0 aliphatic carbocycles. The van der Waals surface area contributed by atoms with Crippen LogP contribution in [0.1, 0.15) is 41.5 Å². The predicted octanol–water partition coefficient (Wildman–Crippen LogP) is 1.97. The molecule has 0 atom stereocenters. The van der Waals surface area contributed by atoms with Crippen molar-refractivity contribution >= 4 is 10.4 Å². The second-order valence-corrected chi connectivity index (χ2v) is 5.12. The summed E-state index contributed by atoms with van der Waals surface area (Å²) in [7, 11) is 3.60. The van der Waals surface area contributed by atoms with Gasteiger partial charge >= 0.3 is 0 Å². The second kappa shape index (κ2) is 2.66. The summed E-state index contributed by atoms with van der Waals surface area (Å²) in [4.78, 5) is 0. The number of hydrogen-bond donors (Lipinski definition) is 0. The van der Waals surface area contributed by atoms with Gasteiger partial charge in [-0.1, -0.05) is 0 Å². The number of nitrogens with zero attached hydrogens (tertiary/aromatic N) is 1. The van der Waals surface area contributed by atoms with E-state index in [9.17, 15) is 0 Å². The van der Waals surface area contributed by atoms with Crippen LogP contribution in [0.25, 0.3) is 0 Å². The van der Waals surface area contributed by atoms with Gasteiger partial charge in [0.05, 0.1) is 0 Å². The summed E-state index contributed by atoms with van der Waals surface area (Å²) in [6, 6.07) is 0. The van der Waals surface area contributed by atoms with Crippen molar-refractivity contribution in [3.63, 3.8) is 0 Å². The van der Waals surface area contributed by atoms with E-state index in [1.165, 1.54) is 0 Å². The van der Waals surface area contributed by atoms with Crippen LogP contribution in [0.4, 0.5) is 0 Å². The van der Waals surface area contributed by atoms with Crippen molar-refractivity contribution in [1.29, 1.82) is 0 Å². The second-order valence-electron chi connectivity index (χ2n) is 4.68. The van der Waals surface area contributed by atoms with Gasteiger partial charge in [0.2, 0.25) is 0 Å². The van der Waals surface area contributed by atoms with Gasteiger partial charge in [-0.05, 0) is 41.5 Å². The molecule has 2 heteroatoms. The van der Waals surface area contributed by atoms with Crippen LogP contribution >= 0.6 is 0 Å². The fourth-order valence-electron chi connectivity index (χ4n) is 1.01. The van der Waals surface area contributed by atoms with Gasteiger partial charge in [0.15, 0.2) is 0 Å². The molecule has 0 rings (SSSR count). The summed E-state index contributed by atoms with van der Waals surface area (Å²) < 4.78 is 2.18. The molecule has 0 bridgehead atoms. The molecule has 0 aromatic rings. The van der Waals surface area contributed by atoms with E-state index in [-0.39, 0.29) is 11.1 Å². The molecule has 0 unspecified atom stereocenters. The SMILES string of the molecule is CC(C)(C)N([Si])C(C)(C)C. The Morgan fingerprint density at radius 3 is 1.00 bits per heavy atom. The Bertz CT molecular complexity index is 93.4. The maximum Gasteiger partial charge on any atom is 0.144 e. The molecular formula is C8H18NSi. The molecule has 0 aliphatic rings. The maximum atomic E-state index is 3.60. The Morgan fingerprint density at radius 2 is 1.00 bits per heavy atom. The van der Waals surface area contributed by atoms with E-state index < -0.39 is 0 Å². The van der Waals surface area contributed by atoms with Crippen molar-refractivity contribution in [2.24, 2.45) is 0 Å². The molecule has 0 amide bonds. The third-order valence-electron chi connectivity index (χ3n) is 1.34. The van der Waals surface area contributed by atoms with Crippen LogP contribution in [0.5, 0.6) is 0 Å². The first-order chi connectivity index (χ1) is 4.15. The summed E-state index contributed by atoms with van der Waals surface area (Å²) in [5, 5.41) is 0. The van der Waals surface area contributed by atoms with Gasteiger partial charge in [-0.15, -0.1) is 0 Å². The van der Waals surface area contributed by atoms with E-state index in [1.807, 2.05) is 0 Å². The minimum absolute atomic E-state index is 0.190. The molecular weight excluding hydrogens is 138 g/mol. The van der Waals surface area contributed by atoms with E-state index in [4.69, 9.17) is 0 Å². The summed E-state index contributed by atoms with van der Waals surface area (Å²) in [6.45, 7) is 13.1. The first-order valence-electron chi connectivity index (χ1n) is 3.67. The molecule has 0 saturated carbocycles. The van der Waals surface area contributed by atoms with Gasteiger partial charge in [-0.25, -0.2) is 0 Å². The first-order valence-corrected chi connectivity index (χ1v) is 4.12. The maximum absolute atomic E-state index is 3.60. The lowest BCUT2D eigenvalue weighted by atomic mass is 10.0. The van der Waals surface area contributed by atoms with E-state index in [2.05, 4.69) is 56.5 Å². The van der Waals surface area contributed by atoms with Crippen molar-refractivity contribution < 1.29 is 0 Å². The molecule has 0 aromatic heterocycles. The lowest BCUT2D eigenvalue weighted by Crippen LogP contribution is -2.50. The topological polar surface area (TPSA) is 3.24 Å². The normalized spacial score (nSPS) is 14.4. The average molecular weight is 156 g/mol. The van der Waals surface area contributed by atoms with Crippen LogP contribution in [0.2, 0.25) is 0 Å². The first kappa shape index (κ1) is 10.2. The van der Waals surface area contributed by atoms with Crippen LogP contribution in [0, 0.1) is 0 Å². The van der Waals surface area contributed by atoms with Gasteiger partial charge in [0, 0.05) is 11.1 Å². The van der Waals surface area contributed by atoms with Crippen molar-refractivity contribution in [3.05, 3.63) is 0 Å². The molecule has 0 N–H and O–H groups in total. The number of rotatable bonds is 0. The molecule has 59 valence electrons. The van der Waals surface area contributed by atoms with Crippen LogP contribution in [0.15, 0.2) is 0 Å². The van der Waals surface area contributed by atoms with Crippen LogP contribution < -0.4 is 0 Å². The largest absolute Gasteiger partial charge is 0.317 e. The lowest BCUT2D eigenvalue weighted by molar-refractivity contribution is 0.144. The van der Waals surface area contributed by atoms with Crippen molar-refractivity contribution in [3.8, 4) is 0 Å². The average Bonchev–Trinajstić information content (AvgIpc) is 1.59. The highest BCUT2D eigenvalue weighted by Crippen LogP contribution is 2.20. The molecule has 0 spiro atoms. The fourth-order valence-corrected chi connectivity index (χ4v) is 1.01. The molecule has 10 heavy (non-hydrogen) atoms. The van der Waals surface area contributed by atoms with Crippen molar-refractivity contribution in [2.75, 3.05) is 0 Å². The van der Waals surface area contributed by atoms with E-state index in [0.717, 1.165) is 0 Å². The van der Waals surface area contributed by atoms with Crippen molar-refractivity contribution in [2.45, 2.75) is 52.6 Å². The van der Waals surface area contributed by atoms with Gasteiger partial charge in [0.25, 0.3) is 0 Å². The zero-order chi connectivity index (χ0) is 8.58. The van der Waals surface area contributed by atoms with Gasteiger partial charge < -0.3 is 4.57 Å². The Morgan fingerprint density at radius 1 is 0.800 bits per heavy atom. The summed E-state index contributed by atoms with van der Waals surface area (Å²) in [5.74, 6) is 0. The highest BCUT2D eigenvalue weighted by molar-refractivity contribution is 6.05. The van der Waals surface area contributed by atoms with Crippen LogP contribution in [-0.2, 0) is 0 Å². The summed E-state index contributed by atoms with van der Waals surface area (Å²) in [5.41, 5.74) is 0.379. The zero-order valence-electron chi connectivity index (χ0n) is 7.95. The highest BCUT2D eigenvalue weighted by Gasteiger charge is 2.26. The molecule has 0 fully saturated rings. The fraction of sp³-hybridized carbons (Fsp3) is 1.00. The summed E-state index contributed by atoms with van der Waals surface area (Å²) >= 11 is 0. The quantitative estimate of drug-likeness (QED) is 0.485. The molecule has 0 saturated heterocycles. The van der Waals surface area contributed by atoms with Crippen molar-refractivity contribution in [1.82, 2.24) is 4.57 Å². The lowest BCUT2D eigenvalue weighted by Gasteiger charge is -2.42. The highest BCUT2D eigenvalue weighted by atomic mass is 28.2. The van der Waals surface area contributed by atoms with E-state index in [1.54, 1.807) is 0 Å². The standard InChI is InChI=1S/C8H18NSi/c1-7(2,3)9(10)8(4,5)6/h1-6H3. The Kier molecular flexibility index (Phi) is 2.71. The van der Waals surface area contributed by atoms with Gasteiger partial charge in [-0.3, -0.25) is 0 Å². The van der Waals surface area contributed by atoms with Gasteiger partial charge in [0.1, 0.15) is 10.4 Å². The smallest absolute Gasteiger partial charge is 0.144 e. The molecule has 0 aliphatic heterocycles. The van der Waals surface area contributed by atoms with Gasteiger partial charge in [-0.2, -0.15) is 0 Å². The van der Waals surface area contributed by atoms with E-state index >= 15 is 0 Å². The minimum atomic E-state index is 0.190. The Hall–Kier alpha value is 0.177. The third kappa shape index (κ3) is 2.84. The number of hydrogen-bond acceptors (Lipinski definition) is 1. The van der Waals surface area contributed by atoms with Crippen LogP contribution in [0.3, 0.4) is 0 Å². The zero-order valence-corrected chi connectivity index (χ0v) is 8.95. The Balaban J connectivity index is 4.23. The molecule has 0 aromatic carbocycles. The molecule has 0 heterocycles. The molecule has 3 radical (unpaired) electrons. The monoisotopic (exact) mass is 156 g/mol. The Labute approximate surface area is 68.3 Å². The van der Waals surface area contributed by atoms with Crippen LogP contribution in [-0.4, -0.2) is 26.0 Å². The minimum Gasteiger partial charge on any atom is -0.317 e. The van der Waals surface area contributed by atoms with E-state index in [0.29, 0.717) is 0 Å². The molecule has 1 nitrogen and oxygen atoms in total.